The average Bonchev–Trinajstić information content (AvgIpc) is 3.24. The summed E-state index contributed by atoms with van der Waals surface area (Å²) in [6, 6.07) is 11.9. The van der Waals surface area contributed by atoms with Crippen molar-refractivity contribution in [2.45, 2.75) is 36.8 Å². The molecule has 3 aromatic rings. The third-order valence-electron chi connectivity index (χ3n) is 5.60. The summed E-state index contributed by atoms with van der Waals surface area (Å²) in [6.45, 7) is 2.62. The maximum absolute atomic E-state index is 13.0. The maximum Gasteiger partial charge on any atom is 0.416 e. The van der Waals surface area contributed by atoms with E-state index in [-0.39, 0.29) is 10.8 Å². The van der Waals surface area contributed by atoms with Crippen LogP contribution in [0, 0.1) is 6.92 Å². The first kappa shape index (κ1) is 21.6. The molecule has 0 unspecified atom stereocenters. The normalized spacial score (nSPS) is 16.5. The number of aryl methyl sites for hydroxylation is 1. The number of benzene rings is 2. The van der Waals surface area contributed by atoms with Crippen LogP contribution in [0.1, 0.15) is 35.7 Å². The van der Waals surface area contributed by atoms with Gasteiger partial charge in [-0.25, -0.2) is 13.4 Å². The number of nitrogens with zero attached hydrogens (tertiary/aromatic N) is 2. The minimum absolute atomic E-state index is 0.0176. The van der Waals surface area contributed by atoms with E-state index in [1.165, 1.54) is 16.6 Å². The van der Waals surface area contributed by atoms with E-state index in [1.54, 1.807) is 30.3 Å². The second-order valence-electron chi connectivity index (χ2n) is 7.75. The monoisotopic (exact) mass is 449 g/mol. The number of alkyl halides is 3. The van der Waals surface area contributed by atoms with E-state index in [9.17, 15) is 21.6 Å². The molecule has 4 rings (SSSR count). The van der Waals surface area contributed by atoms with E-state index < -0.39 is 21.8 Å². The summed E-state index contributed by atoms with van der Waals surface area (Å²) in [5.74, 6) is 0.684. The van der Waals surface area contributed by atoms with Crippen LogP contribution in [-0.4, -0.2) is 35.8 Å². The van der Waals surface area contributed by atoms with Gasteiger partial charge >= 0.3 is 6.18 Å². The number of hydrogen-bond donors (Lipinski definition) is 1. The molecule has 2 heterocycles. The summed E-state index contributed by atoms with van der Waals surface area (Å²) in [7, 11) is -3.54. The lowest BCUT2D eigenvalue weighted by molar-refractivity contribution is -0.137. The summed E-state index contributed by atoms with van der Waals surface area (Å²) in [5.41, 5.74) is 1.20. The Balaban J connectivity index is 1.46. The van der Waals surface area contributed by atoms with Crippen molar-refractivity contribution in [3.8, 4) is 11.3 Å². The molecule has 1 fully saturated rings. The largest absolute Gasteiger partial charge is 0.416 e. The smallest absolute Gasteiger partial charge is 0.342 e. The number of sulfonamides is 1. The third-order valence-corrected chi connectivity index (χ3v) is 7.51. The predicted molar refractivity (Wildman–Crippen MR) is 111 cm³/mol. The summed E-state index contributed by atoms with van der Waals surface area (Å²) in [4.78, 5) is 7.76. The van der Waals surface area contributed by atoms with Crippen LogP contribution in [0.3, 0.4) is 0 Å². The molecule has 1 aliphatic rings. The van der Waals surface area contributed by atoms with Gasteiger partial charge in [0.15, 0.2) is 0 Å². The molecule has 1 aromatic heterocycles. The fourth-order valence-corrected chi connectivity index (χ4v) is 5.25. The second-order valence-corrected chi connectivity index (χ2v) is 9.69. The Kier molecular flexibility index (Phi) is 5.65. The van der Waals surface area contributed by atoms with Gasteiger partial charge in [0.25, 0.3) is 0 Å². The Bertz CT molecular complexity index is 1160. The molecule has 1 aliphatic heterocycles. The molecule has 164 valence electrons. The maximum atomic E-state index is 13.0. The Morgan fingerprint density at radius 3 is 2.39 bits per heavy atom. The van der Waals surface area contributed by atoms with E-state index >= 15 is 0 Å². The van der Waals surface area contributed by atoms with E-state index in [0.717, 1.165) is 17.7 Å². The average molecular weight is 449 g/mol. The molecule has 0 amide bonds. The first-order chi connectivity index (χ1) is 14.6. The van der Waals surface area contributed by atoms with E-state index in [0.29, 0.717) is 43.0 Å². The molecule has 5 nitrogen and oxygen atoms in total. The van der Waals surface area contributed by atoms with Crippen molar-refractivity contribution in [3.05, 3.63) is 71.7 Å². The number of H-pyrrole nitrogens is 1. The van der Waals surface area contributed by atoms with Crippen LogP contribution >= 0.6 is 0 Å². The first-order valence-corrected chi connectivity index (χ1v) is 11.4. The van der Waals surface area contributed by atoms with Gasteiger partial charge in [-0.15, -0.1) is 0 Å². The van der Waals surface area contributed by atoms with Crippen molar-refractivity contribution in [3.63, 3.8) is 0 Å². The first-order valence-electron chi connectivity index (χ1n) is 9.94. The Morgan fingerprint density at radius 2 is 1.74 bits per heavy atom. The van der Waals surface area contributed by atoms with Crippen molar-refractivity contribution in [2.75, 3.05) is 13.1 Å². The van der Waals surface area contributed by atoms with Crippen molar-refractivity contribution >= 4 is 10.0 Å². The van der Waals surface area contributed by atoms with Crippen LogP contribution in [0.5, 0.6) is 0 Å². The van der Waals surface area contributed by atoms with E-state index in [2.05, 4.69) is 9.97 Å². The third kappa shape index (κ3) is 4.52. The van der Waals surface area contributed by atoms with Crippen LogP contribution < -0.4 is 0 Å². The lowest BCUT2D eigenvalue weighted by atomic mass is 9.97. The van der Waals surface area contributed by atoms with Gasteiger partial charge in [0.1, 0.15) is 5.82 Å². The summed E-state index contributed by atoms with van der Waals surface area (Å²) >= 11 is 0. The molecular formula is C22H22F3N3O2S. The quantitative estimate of drug-likeness (QED) is 0.612. The molecule has 0 atom stereocenters. The zero-order valence-electron chi connectivity index (χ0n) is 16.9. The molecule has 0 saturated carbocycles. The second kappa shape index (κ2) is 8.12. The van der Waals surface area contributed by atoms with Crippen LogP contribution in [0.15, 0.2) is 59.6 Å². The molecule has 9 heteroatoms. The molecule has 2 aromatic carbocycles. The van der Waals surface area contributed by atoms with Crippen LogP contribution in [0.2, 0.25) is 0 Å². The Morgan fingerprint density at radius 1 is 1.06 bits per heavy atom. The number of nitrogens with one attached hydrogen (secondary N) is 1. The van der Waals surface area contributed by atoms with Gasteiger partial charge < -0.3 is 4.98 Å². The lowest BCUT2D eigenvalue weighted by Crippen LogP contribution is -2.38. The van der Waals surface area contributed by atoms with Gasteiger partial charge in [-0.2, -0.15) is 17.5 Å². The molecule has 0 aliphatic carbocycles. The number of halogens is 3. The summed E-state index contributed by atoms with van der Waals surface area (Å²) < 4.78 is 66.1. The van der Waals surface area contributed by atoms with Crippen LogP contribution in [0.4, 0.5) is 13.2 Å². The number of imidazole rings is 1. The number of rotatable bonds is 4. The summed E-state index contributed by atoms with van der Waals surface area (Å²) in [5, 5.41) is 0. The Labute approximate surface area is 179 Å². The zero-order chi connectivity index (χ0) is 22.2. The van der Waals surface area contributed by atoms with Crippen molar-refractivity contribution in [1.29, 1.82) is 0 Å². The number of hydrogen-bond acceptors (Lipinski definition) is 3. The topological polar surface area (TPSA) is 66.1 Å². The van der Waals surface area contributed by atoms with Crippen LogP contribution in [-0.2, 0) is 16.2 Å². The highest BCUT2D eigenvalue weighted by Crippen LogP contribution is 2.33. The number of piperidine rings is 1. The predicted octanol–water partition coefficient (Wildman–Crippen LogP) is 4.97. The highest BCUT2D eigenvalue weighted by molar-refractivity contribution is 7.89. The van der Waals surface area contributed by atoms with E-state index in [4.69, 9.17) is 0 Å². The van der Waals surface area contributed by atoms with Gasteiger partial charge in [0.05, 0.1) is 22.3 Å². The van der Waals surface area contributed by atoms with Gasteiger partial charge in [-0.3, -0.25) is 0 Å². The molecule has 1 N–H and O–H groups in total. The molecule has 0 radical (unpaired) electrons. The number of aromatic amines is 1. The standard InChI is InChI=1S/C22H22F3N3O2S/c1-15-5-7-19(8-6-15)31(29,30)28-11-9-16(10-12-28)21-26-14-20(27-21)17-3-2-4-18(13-17)22(23,24)25/h2-8,13-14,16H,9-12H2,1H3,(H,26,27). The van der Waals surface area contributed by atoms with Gasteiger partial charge in [0, 0.05) is 24.6 Å². The number of aromatic nitrogens is 2. The van der Waals surface area contributed by atoms with Crippen molar-refractivity contribution in [2.24, 2.45) is 0 Å². The van der Waals surface area contributed by atoms with Crippen molar-refractivity contribution < 1.29 is 21.6 Å². The van der Waals surface area contributed by atoms with Gasteiger partial charge in [0.2, 0.25) is 10.0 Å². The Hall–Kier alpha value is -2.65. The summed E-state index contributed by atoms with van der Waals surface area (Å²) in [6.07, 6.45) is -1.71. The van der Waals surface area contributed by atoms with Gasteiger partial charge in [-0.1, -0.05) is 29.8 Å². The molecule has 0 bridgehead atoms. The molecule has 1 saturated heterocycles. The minimum Gasteiger partial charge on any atom is -0.342 e. The fraction of sp³-hybridized carbons (Fsp3) is 0.318. The molecule has 0 spiro atoms. The van der Waals surface area contributed by atoms with Crippen molar-refractivity contribution in [1.82, 2.24) is 14.3 Å². The lowest BCUT2D eigenvalue weighted by Gasteiger charge is -2.30. The fourth-order valence-electron chi connectivity index (χ4n) is 3.78. The van der Waals surface area contributed by atoms with Crippen LogP contribution in [0.25, 0.3) is 11.3 Å². The molecular weight excluding hydrogens is 427 g/mol. The van der Waals surface area contributed by atoms with Gasteiger partial charge in [-0.05, 0) is 44.0 Å². The highest BCUT2D eigenvalue weighted by Gasteiger charge is 2.32. The molecule has 31 heavy (non-hydrogen) atoms. The zero-order valence-corrected chi connectivity index (χ0v) is 17.7. The van der Waals surface area contributed by atoms with E-state index in [1.807, 2.05) is 6.92 Å². The highest BCUT2D eigenvalue weighted by atomic mass is 32.2. The SMILES string of the molecule is Cc1ccc(S(=O)(=O)N2CCC(c3ncc(-c4cccc(C(F)(F)F)c4)[nH]3)CC2)cc1. The minimum atomic E-state index is -4.41.